The van der Waals surface area contributed by atoms with Crippen molar-refractivity contribution < 1.29 is 14.3 Å². The molecule has 3 rings (SSSR count). The lowest BCUT2D eigenvalue weighted by atomic mass is 10.1. The number of hydrogen-bond donors (Lipinski definition) is 1. The van der Waals surface area contributed by atoms with Crippen LogP contribution in [0.2, 0.25) is 0 Å². The summed E-state index contributed by atoms with van der Waals surface area (Å²) in [4.78, 5) is 28.4. The van der Waals surface area contributed by atoms with Gasteiger partial charge in [0.05, 0.1) is 6.54 Å². The van der Waals surface area contributed by atoms with Gasteiger partial charge in [-0.25, -0.2) is 14.2 Å². The summed E-state index contributed by atoms with van der Waals surface area (Å²) in [5.41, 5.74) is 0.502. The molecule has 0 amide bonds. The summed E-state index contributed by atoms with van der Waals surface area (Å²) in [6.45, 7) is 1.69. The molecule has 0 unspecified atom stereocenters. The van der Waals surface area contributed by atoms with Gasteiger partial charge in [0.25, 0.3) is 5.56 Å². The fourth-order valence-electron chi connectivity index (χ4n) is 2.62. The molecule has 0 aliphatic heterocycles. The van der Waals surface area contributed by atoms with E-state index in [4.69, 9.17) is 0 Å². The van der Waals surface area contributed by atoms with Crippen molar-refractivity contribution in [3.8, 4) is 0 Å². The summed E-state index contributed by atoms with van der Waals surface area (Å²) in [6, 6.07) is 7.40. The number of pyridine rings is 2. The Morgan fingerprint density at radius 2 is 2.00 bits per heavy atom. The quantitative estimate of drug-likeness (QED) is 0.744. The van der Waals surface area contributed by atoms with Gasteiger partial charge < -0.3 is 5.11 Å². The summed E-state index contributed by atoms with van der Waals surface area (Å²) in [5.74, 6) is -1.67. The van der Waals surface area contributed by atoms with Gasteiger partial charge in [0.2, 0.25) is 0 Å². The highest BCUT2D eigenvalue weighted by Crippen LogP contribution is 2.22. The van der Waals surface area contributed by atoms with Crippen LogP contribution in [0.15, 0.2) is 45.8 Å². The van der Waals surface area contributed by atoms with E-state index in [0.29, 0.717) is 26.6 Å². The van der Waals surface area contributed by atoms with Crippen LogP contribution in [0.25, 0.3) is 11.0 Å². The molecule has 2 aromatic heterocycles. The van der Waals surface area contributed by atoms with E-state index in [9.17, 15) is 19.1 Å². The lowest BCUT2D eigenvalue weighted by Gasteiger charge is -2.14. The Hall–Kier alpha value is -2.54. The van der Waals surface area contributed by atoms with Crippen molar-refractivity contribution in [2.24, 2.45) is 0 Å². The van der Waals surface area contributed by atoms with Gasteiger partial charge in [0.15, 0.2) is 0 Å². The van der Waals surface area contributed by atoms with Crippen molar-refractivity contribution >= 4 is 32.9 Å². The molecule has 0 radical (unpaired) electrons. The zero-order chi connectivity index (χ0) is 17.4. The maximum atomic E-state index is 13.1. The molecule has 3 aromatic rings. The number of aryl methyl sites for hydroxylation is 1. The maximum absolute atomic E-state index is 13.1. The van der Waals surface area contributed by atoms with Crippen LogP contribution in [0.3, 0.4) is 0 Å². The fourth-order valence-corrected chi connectivity index (χ4v) is 2.95. The van der Waals surface area contributed by atoms with Gasteiger partial charge in [-0.05, 0) is 52.2 Å². The van der Waals surface area contributed by atoms with Crippen LogP contribution in [0.1, 0.15) is 21.5 Å². The van der Waals surface area contributed by atoms with Crippen LogP contribution in [0.5, 0.6) is 0 Å². The monoisotopic (exact) mass is 390 g/mol. The minimum Gasteiger partial charge on any atom is -0.477 e. The highest BCUT2D eigenvalue weighted by molar-refractivity contribution is 9.10. The van der Waals surface area contributed by atoms with E-state index in [1.54, 1.807) is 31.3 Å². The molecule has 5 nitrogen and oxygen atoms in total. The molecule has 2 heterocycles. The summed E-state index contributed by atoms with van der Waals surface area (Å²) in [5, 5.41) is 9.98. The van der Waals surface area contributed by atoms with Gasteiger partial charge in [-0.2, -0.15) is 0 Å². The normalized spacial score (nSPS) is 11.0. The largest absolute Gasteiger partial charge is 0.477 e. The molecule has 0 saturated carbocycles. The number of hydrogen-bond acceptors (Lipinski definition) is 3. The number of fused-ring (bicyclic) bond motifs is 1. The van der Waals surface area contributed by atoms with E-state index in [0.717, 1.165) is 0 Å². The Bertz CT molecular complexity index is 1010. The summed E-state index contributed by atoms with van der Waals surface area (Å²) in [7, 11) is 0. The molecule has 122 valence electrons. The molecule has 0 spiro atoms. The van der Waals surface area contributed by atoms with E-state index in [1.165, 1.54) is 16.7 Å². The molecule has 0 atom stereocenters. The van der Waals surface area contributed by atoms with Gasteiger partial charge in [-0.1, -0.05) is 12.1 Å². The summed E-state index contributed by atoms with van der Waals surface area (Å²) >= 11 is 3.31. The van der Waals surface area contributed by atoms with Gasteiger partial charge in [-0.3, -0.25) is 9.36 Å². The third kappa shape index (κ3) is 2.82. The zero-order valence-electron chi connectivity index (χ0n) is 12.6. The van der Waals surface area contributed by atoms with Crippen molar-refractivity contribution in [3.63, 3.8) is 0 Å². The lowest BCUT2D eigenvalue weighted by molar-refractivity contribution is 0.0693. The number of carboxylic acids is 1. The van der Waals surface area contributed by atoms with Crippen molar-refractivity contribution in [2.75, 3.05) is 0 Å². The first kappa shape index (κ1) is 16.3. The smallest absolute Gasteiger partial charge is 0.341 e. The van der Waals surface area contributed by atoms with Crippen molar-refractivity contribution in [2.45, 2.75) is 13.5 Å². The van der Waals surface area contributed by atoms with Crippen LogP contribution in [-0.2, 0) is 6.54 Å². The minimum atomic E-state index is -1.28. The zero-order valence-corrected chi connectivity index (χ0v) is 14.2. The number of halogens is 2. The Morgan fingerprint density at radius 3 is 2.62 bits per heavy atom. The third-order valence-electron chi connectivity index (χ3n) is 3.79. The molecule has 0 bridgehead atoms. The highest BCUT2D eigenvalue weighted by Gasteiger charge is 2.20. The Labute approximate surface area is 144 Å². The second-order valence-corrected chi connectivity index (χ2v) is 6.26. The predicted octanol–water partition coefficient (Wildman–Crippen LogP) is 3.35. The van der Waals surface area contributed by atoms with Crippen molar-refractivity contribution in [3.05, 3.63) is 73.9 Å². The summed E-state index contributed by atoms with van der Waals surface area (Å²) < 4.78 is 15.0. The van der Waals surface area contributed by atoms with Crippen molar-refractivity contribution in [1.29, 1.82) is 0 Å². The van der Waals surface area contributed by atoms with Gasteiger partial charge >= 0.3 is 5.97 Å². The summed E-state index contributed by atoms with van der Waals surface area (Å²) in [6.07, 6.45) is 1.54. The number of aromatic nitrogens is 2. The number of nitrogens with zero attached hydrogens (tertiary/aromatic N) is 2. The van der Waals surface area contributed by atoms with Crippen LogP contribution in [-0.4, -0.2) is 20.6 Å². The van der Waals surface area contributed by atoms with E-state index < -0.39 is 11.5 Å². The molecule has 0 fully saturated rings. The minimum absolute atomic E-state index is 0.102. The van der Waals surface area contributed by atoms with E-state index in [-0.39, 0.29) is 17.9 Å². The Morgan fingerprint density at radius 1 is 1.33 bits per heavy atom. The molecular weight excluding hydrogens is 379 g/mol. The number of carbonyl (C=O) groups is 1. The van der Waals surface area contributed by atoms with Gasteiger partial charge in [0.1, 0.15) is 17.0 Å². The number of aromatic carboxylic acids is 1. The molecule has 0 saturated heterocycles. The highest BCUT2D eigenvalue weighted by atomic mass is 79.9. The fraction of sp³-hybridized carbons (Fsp3) is 0.118. The first-order valence-electron chi connectivity index (χ1n) is 7.05. The Kier molecular flexibility index (Phi) is 4.19. The lowest BCUT2D eigenvalue weighted by Crippen LogP contribution is -2.29. The second-order valence-electron chi connectivity index (χ2n) is 5.35. The predicted molar refractivity (Wildman–Crippen MR) is 90.9 cm³/mol. The molecule has 0 aliphatic rings. The van der Waals surface area contributed by atoms with Gasteiger partial charge in [-0.15, -0.1) is 0 Å². The average molecular weight is 391 g/mol. The van der Waals surface area contributed by atoms with E-state index in [1.807, 2.05) is 0 Å². The number of carboxylic acid groups (broad SMARTS) is 1. The first-order chi connectivity index (χ1) is 11.4. The average Bonchev–Trinajstić information content (AvgIpc) is 2.53. The molecule has 1 aromatic carbocycles. The standard InChI is InChI=1S/C17H12BrFN2O3/c1-9-13-6-11(18)7-20-15(13)21(16(22)14(9)17(23)24)8-10-2-4-12(19)5-3-10/h2-7H,8H2,1H3,(H,23,24). The number of benzene rings is 1. The molecule has 1 N–H and O–H groups in total. The SMILES string of the molecule is Cc1c(C(=O)O)c(=O)n(Cc2ccc(F)cc2)c2ncc(Br)cc12. The maximum Gasteiger partial charge on any atom is 0.341 e. The van der Waals surface area contributed by atoms with Crippen molar-refractivity contribution in [1.82, 2.24) is 9.55 Å². The Balaban J connectivity index is 2.31. The van der Waals surface area contributed by atoms with Crippen LogP contribution in [0.4, 0.5) is 4.39 Å². The molecular formula is C17H12BrFN2O3. The molecule has 0 aliphatic carbocycles. The molecule has 24 heavy (non-hydrogen) atoms. The topological polar surface area (TPSA) is 72.2 Å². The third-order valence-corrected chi connectivity index (χ3v) is 4.23. The number of rotatable bonds is 3. The van der Waals surface area contributed by atoms with Gasteiger partial charge in [0, 0.05) is 16.1 Å². The van der Waals surface area contributed by atoms with E-state index in [2.05, 4.69) is 20.9 Å². The van der Waals surface area contributed by atoms with Crippen LogP contribution >= 0.6 is 15.9 Å². The van der Waals surface area contributed by atoms with Crippen LogP contribution < -0.4 is 5.56 Å². The van der Waals surface area contributed by atoms with E-state index >= 15 is 0 Å². The molecule has 7 heteroatoms. The van der Waals surface area contributed by atoms with Crippen LogP contribution in [0, 0.1) is 12.7 Å². The second kappa shape index (κ2) is 6.16. The first-order valence-corrected chi connectivity index (χ1v) is 7.84.